The Hall–Kier alpha value is -3.02. The predicted molar refractivity (Wildman–Crippen MR) is 97.6 cm³/mol. The number of aryl methyl sites for hydroxylation is 1. The third kappa shape index (κ3) is 4.05. The van der Waals surface area contributed by atoms with E-state index in [1.807, 2.05) is 37.3 Å². The van der Waals surface area contributed by atoms with Crippen LogP contribution in [0.1, 0.15) is 42.7 Å². The molecule has 0 saturated carbocycles. The second-order valence-electron chi connectivity index (χ2n) is 6.46. The van der Waals surface area contributed by atoms with E-state index in [9.17, 15) is 9.59 Å². The molecular formula is C21H22O6. The number of carbonyl (C=O) groups is 2. The summed E-state index contributed by atoms with van der Waals surface area (Å²) in [6, 6.07) is 12.9. The van der Waals surface area contributed by atoms with Crippen molar-refractivity contribution in [2.45, 2.75) is 39.1 Å². The summed E-state index contributed by atoms with van der Waals surface area (Å²) in [4.78, 5) is 23.5. The van der Waals surface area contributed by atoms with Gasteiger partial charge in [0.1, 0.15) is 11.5 Å². The molecule has 0 saturated heterocycles. The van der Waals surface area contributed by atoms with Gasteiger partial charge in [-0.15, -0.1) is 0 Å². The smallest absolute Gasteiger partial charge is 0.303 e. The molecule has 27 heavy (non-hydrogen) atoms. The van der Waals surface area contributed by atoms with E-state index >= 15 is 0 Å². The summed E-state index contributed by atoms with van der Waals surface area (Å²) in [6.07, 6.45) is -2.20. The maximum atomic E-state index is 11.8. The molecule has 0 N–H and O–H groups in total. The Labute approximate surface area is 158 Å². The summed E-state index contributed by atoms with van der Waals surface area (Å²) < 4.78 is 22.5. The van der Waals surface area contributed by atoms with Crippen LogP contribution in [0.2, 0.25) is 0 Å². The van der Waals surface area contributed by atoms with Gasteiger partial charge in [-0.1, -0.05) is 23.8 Å². The molecule has 2 aromatic rings. The molecule has 6 heteroatoms. The van der Waals surface area contributed by atoms with E-state index < -0.39 is 30.3 Å². The molecule has 1 aliphatic rings. The highest BCUT2D eigenvalue weighted by Crippen LogP contribution is 2.45. The average molecular weight is 370 g/mol. The van der Waals surface area contributed by atoms with Crippen LogP contribution in [0.15, 0.2) is 42.5 Å². The average Bonchev–Trinajstić information content (AvgIpc) is 2.63. The van der Waals surface area contributed by atoms with Crippen molar-refractivity contribution in [2.24, 2.45) is 0 Å². The lowest BCUT2D eigenvalue weighted by Crippen LogP contribution is -2.39. The van der Waals surface area contributed by atoms with Crippen molar-refractivity contribution in [1.29, 1.82) is 0 Å². The van der Waals surface area contributed by atoms with Crippen molar-refractivity contribution >= 4 is 11.9 Å². The quantitative estimate of drug-likeness (QED) is 0.765. The number of hydrogen-bond acceptors (Lipinski definition) is 6. The van der Waals surface area contributed by atoms with Gasteiger partial charge in [-0.25, -0.2) is 0 Å². The second kappa shape index (κ2) is 7.70. The monoisotopic (exact) mass is 370 g/mol. The van der Waals surface area contributed by atoms with E-state index in [-0.39, 0.29) is 0 Å². The number of ether oxygens (including phenoxy) is 4. The number of rotatable bonds is 4. The van der Waals surface area contributed by atoms with Crippen LogP contribution in [0.3, 0.4) is 0 Å². The van der Waals surface area contributed by atoms with Gasteiger partial charge in [0.15, 0.2) is 18.3 Å². The largest absolute Gasteiger partial charge is 0.497 e. The van der Waals surface area contributed by atoms with Crippen molar-refractivity contribution in [3.63, 3.8) is 0 Å². The number of fused-ring (bicyclic) bond motifs is 1. The van der Waals surface area contributed by atoms with Gasteiger partial charge in [0.05, 0.1) is 7.11 Å². The van der Waals surface area contributed by atoms with Crippen LogP contribution in [-0.4, -0.2) is 25.2 Å². The van der Waals surface area contributed by atoms with Crippen molar-refractivity contribution in [2.75, 3.05) is 7.11 Å². The van der Waals surface area contributed by atoms with E-state index in [0.717, 1.165) is 11.1 Å². The molecule has 0 spiro atoms. The van der Waals surface area contributed by atoms with Crippen molar-refractivity contribution in [3.05, 3.63) is 59.2 Å². The topological polar surface area (TPSA) is 71.1 Å². The molecule has 0 aliphatic carbocycles. The highest BCUT2D eigenvalue weighted by Gasteiger charge is 2.43. The van der Waals surface area contributed by atoms with Gasteiger partial charge < -0.3 is 18.9 Å². The predicted octanol–water partition coefficient (Wildman–Crippen LogP) is 3.67. The molecule has 2 aromatic carbocycles. The van der Waals surface area contributed by atoms with Gasteiger partial charge in [-0.3, -0.25) is 9.59 Å². The molecule has 0 radical (unpaired) electrons. The fourth-order valence-corrected chi connectivity index (χ4v) is 3.21. The van der Waals surface area contributed by atoms with Crippen LogP contribution in [0, 0.1) is 6.92 Å². The Morgan fingerprint density at radius 2 is 1.63 bits per heavy atom. The molecule has 0 unspecified atom stereocenters. The minimum Gasteiger partial charge on any atom is -0.497 e. The highest BCUT2D eigenvalue weighted by molar-refractivity contribution is 5.68. The van der Waals surface area contributed by atoms with E-state index in [1.54, 1.807) is 19.2 Å². The van der Waals surface area contributed by atoms with Crippen LogP contribution >= 0.6 is 0 Å². The Morgan fingerprint density at radius 3 is 2.22 bits per heavy atom. The number of methoxy groups -OCH3 is 1. The van der Waals surface area contributed by atoms with Gasteiger partial charge >= 0.3 is 11.9 Å². The summed E-state index contributed by atoms with van der Waals surface area (Å²) in [7, 11) is 1.59. The zero-order valence-electron chi connectivity index (χ0n) is 15.7. The maximum absolute atomic E-state index is 11.8. The maximum Gasteiger partial charge on any atom is 0.303 e. The fourth-order valence-electron chi connectivity index (χ4n) is 3.21. The number of benzene rings is 2. The summed E-state index contributed by atoms with van der Waals surface area (Å²) in [6.45, 7) is 4.58. The Balaban J connectivity index is 2.08. The third-order valence-corrected chi connectivity index (χ3v) is 4.36. The highest BCUT2D eigenvalue weighted by atomic mass is 16.6. The van der Waals surface area contributed by atoms with Crippen LogP contribution in [-0.2, 0) is 19.1 Å². The zero-order chi connectivity index (χ0) is 19.6. The zero-order valence-corrected chi connectivity index (χ0v) is 15.7. The molecule has 1 heterocycles. The minimum atomic E-state index is -0.811. The molecule has 3 atom stereocenters. The van der Waals surface area contributed by atoms with Gasteiger partial charge in [-0.05, 0) is 36.8 Å². The number of esters is 2. The first-order valence-corrected chi connectivity index (χ1v) is 8.64. The molecule has 0 aromatic heterocycles. The summed E-state index contributed by atoms with van der Waals surface area (Å²) >= 11 is 0. The molecule has 3 rings (SSSR count). The van der Waals surface area contributed by atoms with Gasteiger partial charge in [0.2, 0.25) is 0 Å². The van der Waals surface area contributed by atoms with E-state index in [2.05, 4.69) is 0 Å². The molecule has 0 fully saturated rings. The summed E-state index contributed by atoms with van der Waals surface area (Å²) in [5, 5.41) is 0. The van der Waals surface area contributed by atoms with E-state index in [0.29, 0.717) is 17.1 Å². The number of hydrogen-bond donors (Lipinski definition) is 0. The molecule has 6 nitrogen and oxygen atoms in total. The first kappa shape index (κ1) is 18.8. The molecular weight excluding hydrogens is 348 g/mol. The Kier molecular flexibility index (Phi) is 5.35. The van der Waals surface area contributed by atoms with Gasteiger partial charge in [0.25, 0.3) is 0 Å². The van der Waals surface area contributed by atoms with Crippen molar-refractivity contribution in [1.82, 2.24) is 0 Å². The van der Waals surface area contributed by atoms with E-state index in [4.69, 9.17) is 18.9 Å². The molecule has 142 valence electrons. The molecule has 1 aliphatic heterocycles. The van der Waals surface area contributed by atoms with Crippen LogP contribution < -0.4 is 9.47 Å². The SMILES string of the molecule is COc1ccc([C@H]2Oc3ccc(C)cc3[C@H](OC(C)=O)[C@@H]2OC(C)=O)cc1. The molecule has 0 amide bonds. The van der Waals surface area contributed by atoms with Crippen LogP contribution in [0.25, 0.3) is 0 Å². The Morgan fingerprint density at radius 1 is 0.963 bits per heavy atom. The van der Waals surface area contributed by atoms with Gasteiger partial charge in [-0.2, -0.15) is 0 Å². The first-order chi connectivity index (χ1) is 12.9. The summed E-state index contributed by atoms with van der Waals surface area (Å²) in [5.74, 6) is 0.359. The van der Waals surface area contributed by atoms with E-state index in [1.165, 1.54) is 13.8 Å². The molecule has 0 bridgehead atoms. The van der Waals surface area contributed by atoms with Crippen LogP contribution in [0.4, 0.5) is 0 Å². The number of carbonyl (C=O) groups excluding carboxylic acids is 2. The standard InChI is InChI=1S/C21H22O6/c1-12-5-10-18-17(11-12)20(25-13(2)22)21(26-14(3)23)19(27-18)15-6-8-16(24-4)9-7-15/h5-11,19-21H,1-4H3/t19-,20+,21-/m1/s1. The lowest BCUT2D eigenvalue weighted by molar-refractivity contribution is -0.178. The lowest BCUT2D eigenvalue weighted by atomic mass is 9.91. The van der Waals surface area contributed by atoms with Crippen molar-refractivity contribution < 1.29 is 28.5 Å². The fraction of sp³-hybridized carbons (Fsp3) is 0.333. The third-order valence-electron chi connectivity index (χ3n) is 4.36. The summed E-state index contributed by atoms with van der Waals surface area (Å²) in [5.41, 5.74) is 2.45. The van der Waals surface area contributed by atoms with Crippen LogP contribution in [0.5, 0.6) is 11.5 Å². The Bertz CT molecular complexity index is 842. The van der Waals surface area contributed by atoms with Gasteiger partial charge in [0, 0.05) is 19.4 Å². The lowest BCUT2D eigenvalue weighted by Gasteiger charge is -2.38. The first-order valence-electron chi connectivity index (χ1n) is 8.64. The second-order valence-corrected chi connectivity index (χ2v) is 6.46. The van der Waals surface area contributed by atoms with Crippen molar-refractivity contribution in [3.8, 4) is 11.5 Å². The normalized spacial score (nSPS) is 20.8. The minimum absolute atomic E-state index is 0.458.